The fraction of sp³-hybridized carbons (Fsp3) is 0.714. The summed E-state index contributed by atoms with van der Waals surface area (Å²) >= 11 is 0. The fourth-order valence-corrected chi connectivity index (χ4v) is 2.74. The van der Waals surface area contributed by atoms with Crippen molar-refractivity contribution in [3.63, 3.8) is 0 Å². The van der Waals surface area contributed by atoms with Gasteiger partial charge in [-0.1, -0.05) is 0 Å². The Balaban J connectivity index is 0.00000264. The number of nitrogens with one attached hydrogen (secondary N) is 1. The molecule has 1 aliphatic rings. The maximum absolute atomic E-state index is 12.5. The second-order valence-corrected chi connectivity index (χ2v) is 5.79. The van der Waals surface area contributed by atoms with E-state index in [1.165, 1.54) is 0 Å². The molecule has 0 aliphatic carbocycles. The highest BCUT2D eigenvalue weighted by molar-refractivity contribution is 5.85. The standard InChI is InChI=1S/C14H21F3N4O.ClH/c1-9-7-20(5-4-18-9)13(22)6-12-10(2)19-21(11(12)3)8-14(15,16)17;/h9,18H,4-8H2,1-3H3;1H/t9-;/m1./s1. The van der Waals surface area contributed by atoms with E-state index in [-0.39, 0.29) is 30.8 Å². The predicted molar refractivity (Wildman–Crippen MR) is 82.8 cm³/mol. The first-order valence-corrected chi connectivity index (χ1v) is 7.28. The Morgan fingerprint density at radius 3 is 2.61 bits per heavy atom. The Bertz CT molecular complexity index is 559. The van der Waals surface area contributed by atoms with E-state index >= 15 is 0 Å². The second-order valence-electron chi connectivity index (χ2n) is 5.79. The van der Waals surface area contributed by atoms with E-state index in [4.69, 9.17) is 0 Å². The van der Waals surface area contributed by atoms with Gasteiger partial charge in [0.15, 0.2) is 0 Å². The number of carbonyl (C=O) groups excluding carboxylic acids is 1. The van der Waals surface area contributed by atoms with Gasteiger partial charge in [0.2, 0.25) is 5.91 Å². The van der Waals surface area contributed by atoms with Gasteiger partial charge in [0.05, 0.1) is 12.1 Å². The molecule has 1 aromatic rings. The number of piperazine rings is 1. The highest BCUT2D eigenvalue weighted by Crippen LogP contribution is 2.21. The van der Waals surface area contributed by atoms with E-state index in [0.717, 1.165) is 11.2 Å². The third-order valence-electron chi connectivity index (χ3n) is 3.91. The topological polar surface area (TPSA) is 50.2 Å². The third-order valence-corrected chi connectivity index (χ3v) is 3.91. The molecule has 5 nitrogen and oxygen atoms in total. The van der Waals surface area contributed by atoms with Gasteiger partial charge in [-0.3, -0.25) is 9.48 Å². The summed E-state index contributed by atoms with van der Waals surface area (Å²) in [6, 6.07) is 0.229. The number of alkyl halides is 3. The summed E-state index contributed by atoms with van der Waals surface area (Å²) in [4.78, 5) is 14.1. The molecule has 0 saturated carbocycles. The van der Waals surface area contributed by atoms with E-state index in [0.29, 0.717) is 30.0 Å². The molecule has 1 amide bonds. The normalized spacial score (nSPS) is 18.7. The van der Waals surface area contributed by atoms with Crippen LogP contribution in [0.4, 0.5) is 13.2 Å². The third kappa shape index (κ3) is 5.10. The first-order valence-electron chi connectivity index (χ1n) is 7.28. The molecule has 1 atom stereocenters. The number of aryl methyl sites for hydroxylation is 1. The Labute approximate surface area is 139 Å². The molecule has 2 rings (SSSR count). The summed E-state index contributed by atoms with van der Waals surface area (Å²) in [7, 11) is 0. The van der Waals surface area contributed by atoms with Gasteiger partial charge in [-0.15, -0.1) is 12.4 Å². The van der Waals surface area contributed by atoms with Crippen molar-refractivity contribution in [1.82, 2.24) is 20.0 Å². The quantitative estimate of drug-likeness (QED) is 0.901. The Morgan fingerprint density at radius 2 is 2.04 bits per heavy atom. The van der Waals surface area contributed by atoms with Gasteiger partial charge in [0.1, 0.15) is 6.54 Å². The van der Waals surface area contributed by atoms with E-state index in [1.807, 2.05) is 6.92 Å². The molecule has 1 N–H and O–H groups in total. The van der Waals surface area contributed by atoms with E-state index in [1.54, 1.807) is 18.7 Å². The van der Waals surface area contributed by atoms with Gasteiger partial charge >= 0.3 is 6.18 Å². The lowest BCUT2D eigenvalue weighted by Gasteiger charge is -2.32. The minimum atomic E-state index is -4.32. The number of hydrogen-bond acceptors (Lipinski definition) is 3. The number of amides is 1. The molecule has 9 heteroatoms. The molecule has 0 bridgehead atoms. The zero-order valence-corrected chi connectivity index (χ0v) is 14.2. The van der Waals surface area contributed by atoms with E-state index < -0.39 is 12.7 Å². The van der Waals surface area contributed by atoms with Crippen LogP contribution in [-0.4, -0.2) is 52.4 Å². The van der Waals surface area contributed by atoms with Crippen molar-refractivity contribution in [3.8, 4) is 0 Å². The average Bonchev–Trinajstić information content (AvgIpc) is 2.64. The Morgan fingerprint density at radius 1 is 1.39 bits per heavy atom. The van der Waals surface area contributed by atoms with Gasteiger partial charge < -0.3 is 10.2 Å². The van der Waals surface area contributed by atoms with Gasteiger partial charge in [-0.2, -0.15) is 18.3 Å². The van der Waals surface area contributed by atoms with Crippen LogP contribution in [0.15, 0.2) is 0 Å². The molecule has 23 heavy (non-hydrogen) atoms. The molecule has 0 unspecified atom stereocenters. The van der Waals surface area contributed by atoms with Crippen molar-refractivity contribution in [1.29, 1.82) is 0 Å². The largest absolute Gasteiger partial charge is 0.408 e. The summed E-state index contributed by atoms with van der Waals surface area (Å²) in [5.41, 5.74) is 1.49. The predicted octanol–water partition coefficient (Wildman–Crippen LogP) is 1.85. The van der Waals surface area contributed by atoms with E-state index in [9.17, 15) is 18.0 Å². The molecule has 0 radical (unpaired) electrons. The molecule has 132 valence electrons. The van der Waals surface area contributed by atoms with Crippen molar-refractivity contribution >= 4 is 18.3 Å². The van der Waals surface area contributed by atoms with Crippen LogP contribution in [0, 0.1) is 13.8 Å². The minimum absolute atomic E-state index is 0. The minimum Gasteiger partial charge on any atom is -0.340 e. The average molecular weight is 355 g/mol. The number of hydrogen-bond donors (Lipinski definition) is 1. The lowest BCUT2D eigenvalue weighted by molar-refractivity contribution is -0.143. The van der Waals surface area contributed by atoms with Crippen molar-refractivity contribution < 1.29 is 18.0 Å². The first-order chi connectivity index (χ1) is 10.2. The first kappa shape index (κ1) is 19.8. The zero-order valence-electron chi connectivity index (χ0n) is 13.4. The van der Waals surface area contributed by atoms with Crippen molar-refractivity contribution in [3.05, 3.63) is 17.0 Å². The van der Waals surface area contributed by atoms with Gasteiger partial charge in [0, 0.05) is 36.9 Å². The maximum atomic E-state index is 12.5. The Kier molecular flexibility index (Phi) is 6.47. The van der Waals surface area contributed by atoms with E-state index in [2.05, 4.69) is 10.4 Å². The summed E-state index contributed by atoms with van der Waals surface area (Å²) < 4.78 is 38.5. The van der Waals surface area contributed by atoms with Crippen LogP contribution >= 0.6 is 12.4 Å². The van der Waals surface area contributed by atoms with Crippen molar-refractivity contribution in [2.24, 2.45) is 0 Å². The molecule has 2 heterocycles. The molecular weight excluding hydrogens is 333 g/mol. The number of rotatable bonds is 3. The molecule has 1 aromatic heterocycles. The lowest BCUT2D eigenvalue weighted by Crippen LogP contribution is -2.51. The van der Waals surface area contributed by atoms with Crippen LogP contribution in [0.1, 0.15) is 23.9 Å². The molecule has 1 fully saturated rings. The van der Waals surface area contributed by atoms with Crippen LogP contribution in [0.5, 0.6) is 0 Å². The molecule has 0 aromatic carbocycles. The van der Waals surface area contributed by atoms with Crippen molar-refractivity contribution in [2.75, 3.05) is 19.6 Å². The zero-order chi connectivity index (χ0) is 16.5. The summed E-state index contributed by atoms with van der Waals surface area (Å²) in [5.74, 6) is -0.0638. The maximum Gasteiger partial charge on any atom is 0.408 e. The molecular formula is C14H22ClF3N4O. The lowest BCUT2D eigenvalue weighted by atomic mass is 10.1. The molecule has 0 spiro atoms. The number of halogens is 4. The van der Waals surface area contributed by atoms with Crippen LogP contribution in [0.2, 0.25) is 0 Å². The van der Waals surface area contributed by atoms with Crippen LogP contribution < -0.4 is 5.32 Å². The SMILES string of the molecule is Cc1nn(CC(F)(F)F)c(C)c1CC(=O)N1CCN[C@H](C)C1.Cl. The van der Waals surface area contributed by atoms with Gasteiger partial charge in [-0.25, -0.2) is 0 Å². The number of aromatic nitrogens is 2. The number of carbonyl (C=O) groups is 1. The summed E-state index contributed by atoms with van der Waals surface area (Å²) in [6.07, 6.45) is -4.22. The smallest absolute Gasteiger partial charge is 0.340 e. The molecule has 1 aliphatic heterocycles. The number of nitrogens with zero attached hydrogens (tertiary/aromatic N) is 3. The van der Waals surface area contributed by atoms with Gasteiger partial charge in [-0.05, 0) is 20.8 Å². The van der Waals surface area contributed by atoms with Crippen molar-refractivity contribution in [2.45, 2.75) is 46.0 Å². The highest BCUT2D eigenvalue weighted by atomic mass is 35.5. The monoisotopic (exact) mass is 354 g/mol. The summed E-state index contributed by atoms with van der Waals surface area (Å²) in [6.45, 7) is 6.07. The highest BCUT2D eigenvalue weighted by Gasteiger charge is 2.30. The fourth-order valence-electron chi connectivity index (χ4n) is 2.74. The molecule has 1 saturated heterocycles. The van der Waals surface area contributed by atoms with Gasteiger partial charge in [0.25, 0.3) is 0 Å². The second kappa shape index (κ2) is 7.53. The van der Waals surface area contributed by atoms with Crippen LogP contribution in [0.25, 0.3) is 0 Å². The summed E-state index contributed by atoms with van der Waals surface area (Å²) in [5, 5.41) is 7.17. The Hall–Kier alpha value is -1.28. The van der Waals surface area contributed by atoms with Crippen LogP contribution in [0.3, 0.4) is 0 Å². The van der Waals surface area contributed by atoms with Crippen LogP contribution in [-0.2, 0) is 17.8 Å².